The fraction of sp³-hybridized carbons (Fsp3) is 0.556. The van der Waals surface area contributed by atoms with Crippen LogP contribution in [0.2, 0.25) is 0 Å². The molecule has 1 heterocycles. The van der Waals surface area contributed by atoms with Crippen LogP contribution in [0, 0.1) is 12.8 Å². The lowest BCUT2D eigenvalue weighted by molar-refractivity contribution is -0.119. The average Bonchev–Trinajstić information content (AvgIpc) is 2.51. The van der Waals surface area contributed by atoms with Gasteiger partial charge in [0, 0.05) is 33.1 Å². The molecule has 0 bridgehead atoms. The number of carbonyl (C=O) groups excluding carboxylic acids is 1. The largest absolute Gasteiger partial charge is 0.370 e. The first kappa shape index (κ1) is 17.3. The van der Waals surface area contributed by atoms with Crippen LogP contribution < -0.4 is 11.1 Å². The van der Waals surface area contributed by atoms with E-state index in [4.69, 9.17) is 5.73 Å². The lowest BCUT2D eigenvalue weighted by atomic mass is 9.95. The number of nitrogens with zero attached hydrogens (tertiary/aromatic N) is 2. The first-order valence-corrected chi connectivity index (χ1v) is 8.38. The number of amides is 1. The highest BCUT2D eigenvalue weighted by atomic mass is 16.1. The van der Waals surface area contributed by atoms with Gasteiger partial charge in [-0.05, 0) is 37.7 Å². The normalized spacial score (nSPS) is 18.8. The standard InChI is InChI=1S/C18H28N4O/c1-14-5-3-6-15(11-14)8-9-21-18(20-2)22-10-4-7-16(13-22)12-17(19)23/h3,5-6,11,16H,4,7-10,12-13H2,1-2H3,(H2,19,23)(H,20,21). The van der Waals surface area contributed by atoms with Crippen molar-refractivity contribution in [1.82, 2.24) is 10.2 Å². The molecule has 1 saturated heterocycles. The molecule has 0 radical (unpaired) electrons. The summed E-state index contributed by atoms with van der Waals surface area (Å²) in [6, 6.07) is 8.58. The van der Waals surface area contributed by atoms with Crippen molar-refractivity contribution in [2.75, 3.05) is 26.7 Å². The molecule has 1 fully saturated rings. The lowest BCUT2D eigenvalue weighted by Crippen LogP contribution is -2.47. The van der Waals surface area contributed by atoms with Crippen LogP contribution in [0.15, 0.2) is 29.3 Å². The van der Waals surface area contributed by atoms with Gasteiger partial charge in [0.15, 0.2) is 5.96 Å². The summed E-state index contributed by atoms with van der Waals surface area (Å²) in [7, 11) is 1.81. The molecule has 2 rings (SSSR count). The molecule has 3 N–H and O–H groups in total. The number of hydrogen-bond acceptors (Lipinski definition) is 2. The van der Waals surface area contributed by atoms with E-state index in [0.717, 1.165) is 44.9 Å². The van der Waals surface area contributed by atoms with Gasteiger partial charge in [0.05, 0.1) is 0 Å². The number of aliphatic imine (C=N–C) groups is 1. The van der Waals surface area contributed by atoms with E-state index in [9.17, 15) is 4.79 Å². The Bertz CT molecular complexity index is 556. The number of primary amides is 1. The van der Waals surface area contributed by atoms with Crippen molar-refractivity contribution in [2.45, 2.75) is 32.6 Å². The fourth-order valence-corrected chi connectivity index (χ4v) is 3.23. The summed E-state index contributed by atoms with van der Waals surface area (Å²) < 4.78 is 0. The van der Waals surface area contributed by atoms with Gasteiger partial charge in [-0.15, -0.1) is 0 Å². The molecule has 0 aliphatic carbocycles. The van der Waals surface area contributed by atoms with Crippen LogP contribution in [0.5, 0.6) is 0 Å². The Morgan fingerprint density at radius 3 is 3.00 bits per heavy atom. The van der Waals surface area contributed by atoms with Crippen LogP contribution in [0.3, 0.4) is 0 Å². The summed E-state index contributed by atoms with van der Waals surface area (Å²) in [5, 5.41) is 3.44. The first-order valence-electron chi connectivity index (χ1n) is 8.38. The van der Waals surface area contributed by atoms with Gasteiger partial charge in [-0.3, -0.25) is 9.79 Å². The monoisotopic (exact) mass is 316 g/mol. The van der Waals surface area contributed by atoms with Crippen molar-refractivity contribution in [3.8, 4) is 0 Å². The molecule has 1 amide bonds. The molecule has 23 heavy (non-hydrogen) atoms. The Balaban J connectivity index is 1.83. The molecule has 1 unspecified atom stereocenters. The third-order valence-corrected chi connectivity index (χ3v) is 4.30. The Labute approximate surface area is 139 Å². The zero-order valence-electron chi connectivity index (χ0n) is 14.2. The third-order valence-electron chi connectivity index (χ3n) is 4.30. The van der Waals surface area contributed by atoms with Crippen molar-refractivity contribution in [2.24, 2.45) is 16.6 Å². The van der Waals surface area contributed by atoms with Gasteiger partial charge in [-0.25, -0.2) is 0 Å². The smallest absolute Gasteiger partial charge is 0.217 e. The number of piperidine rings is 1. The van der Waals surface area contributed by atoms with Gasteiger partial charge in [-0.1, -0.05) is 29.8 Å². The molecule has 1 atom stereocenters. The van der Waals surface area contributed by atoms with Gasteiger partial charge >= 0.3 is 0 Å². The first-order chi connectivity index (χ1) is 11.1. The number of benzene rings is 1. The molecule has 126 valence electrons. The summed E-state index contributed by atoms with van der Waals surface area (Å²) in [4.78, 5) is 17.8. The number of carbonyl (C=O) groups is 1. The van der Waals surface area contributed by atoms with Crippen LogP contribution in [0.4, 0.5) is 0 Å². The van der Waals surface area contributed by atoms with E-state index >= 15 is 0 Å². The quantitative estimate of drug-likeness (QED) is 0.641. The SMILES string of the molecule is CN=C(NCCc1cccc(C)c1)N1CCCC(CC(N)=O)C1. The summed E-state index contributed by atoms with van der Waals surface area (Å²) in [6.07, 6.45) is 3.59. The Morgan fingerprint density at radius 2 is 2.30 bits per heavy atom. The Kier molecular flexibility index (Phi) is 6.44. The maximum absolute atomic E-state index is 11.1. The van der Waals surface area contributed by atoms with Crippen molar-refractivity contribution >= 4 is 11.9 Å². The minimum atomic E-state index is -0.209. The Hall–Kier alpha value is -2.04. The number of nitrogens with two attached hydrogens (primary N) is 1. The third kappa shape index (κ3) is 5.58. The van der Waals surface area contributed by atoms with Crippen LogP contribution >= 0.6 is 0 Å². The van der Waals surface area contributed by atoms with Crippen molar-refractivity contribution in [3.63, 3.8) is 0 Å². The molecule has 0 saturated carbocycles. The highest BCUT2D eigenvalue weighted by Gasteiger charge is 2.23. The maximum Gasteiger partial charge on any atom is 0.217 e. The zero-order chi connectivity index (χ0) is 16.7. The minimum absolute atomic E-state index is 0.209. The molecule has 1 aliphatic heterocycles. The molecular formula is C18H28N4O. The lowest BCUT2D eigenvalue weighted by Gasteiger charge is -2.34. The van der Waals surface area contributed by atoms with E-state index in [0.29, 0.717) is 12.3 Å². The Morgan fingerprint density at radius 1 is 1.48 bits per heavy atom. The number of likely N-dealkylation sites (tertiary alicyclic amines) is 1. The summed E-state index contributed by atoms with van der Waals surface area (Å²) >= 11 is 0. The van der Waals surface area contributed by atoms with Gasteiger partial charge in [-0.2, -0.15) is 0 Å². The average molecular weight is 316 g/mol. The van der Waals surface area contributed by atoms with Gasteiger partial charge < -0.3 is 16.0 Å². The minimum Gasteiger partial charge on any atom is -0.370 e. The molecule has 5 nitrogen and oxygen atoms in total. The summed E-state index contributed by atoms with van der Waals surface area (Å²) in [5.74, 6) is 1.06. The van der Waals surface area contributed by atoms with Gasteiger partial charge in [0.2, 0.25) is 5.91 Å². The highest BCUT2D eigenvalue weighted by Crippen LogP contribution is 2.19. The second kappa shape index (κ2) is 8.56. The van der Waals surface area contributed by atoms with Gasteiger partial charge in [0.1, 0.15) is 0 Å². The van der Waals surface area contributed by atoms with E-state index in [1.54, 1.807) is 0 Å². The van der Waals surface area contributed by atoms with Crippen LogP contribution in [-0.4, -0.2) is 43.4 Å². The predicted octanol–water partition coefficient (Wildman–Crippen LogP) is 1.70. The van der Waals surface area contributed by atoms with Crippen LogP contribution in [0.25, 0.3) is 0 Å². The van der Waals surface area contributed by atoms with E-state index in [-0.39, 0.29) is 5.91 Å². The van der Waals surface area contributed by atoms with E-state index in [1.165, 1.54) is 11.1 Å². The number of hydrogen-bond donors (Lipinski definition) is 2. The molecule has 0 spiro atoms. The predicted molar refractivity (Wildman–Crippen MR) is 94.4 cm³/mol. The van der Waals surface area contributed by atoms with Crippen molar-refractivity contribution < 1.29 is 4.79 Å². The fourth-order valence-electron chi connectivity index (χ4n) is 3.23. The number of guanidine groups is 1. The number of rotatable bonds is 5. The van der Waals surface area contributed by atoms with E-state index in [1.807, 2.05) is 7.05 Å². The molecule has 1 aromatic carbocycles. The second-order valence-corrected chi connectivity index (χ2v) is 6.34. The molecule has 1 aromatic rings. The zero-order valence-corrected chi connectivity index (χ0v) is 14.2. The molecule has 5 heteroatoms. The highest BCUT2D eigenvalue weighted by molar-refractivity contribution is 5.80. The molecule has 0 aromatic heterocycles. The summed E-state index contributed by atoms with van der Waals surface area (Å²) in [6.45, 7) is 4.81. The van der Waals surface area contributed by atoms with E-state index in [2.05, 4.69) is 46.4 Å². The number of aryl methyl sites for hydroxylation is 1. The topological polar surface area (TPSA) is 70.7 Å². The second-order valence-electron chi connectivity index (χ2n) is 6.34. The van der Waals surface area contributed by atoms with Gasteiger partial charge in [0.25, 0.3) is 0 Å². The molecular weight excluding hydrogens is 288 g/mol. The number of nitrogens with one attached hydrogen (secondary N) is 1. The maximum atomic E-state index is 11.1. The van der Waals surface area contributed by atoms with Crippen LogP contribution in [0.1, 0.15) is 30.4 Å². The summed E-state index contributed by atoms with van der Waals surface area (Å²) in [5.41, 5.74) is 7.95. The van der Waals surface area contributed by atoms with E-state index < -0.39 is 0 Å². The van der Waals surface area contributed by atoms with Crippen LogP contribution in [-0.2, 0) is 11.2 Å². The molecule has 1 aliphatic rings. The van der Waals surface area contributed by atoms with Crippen molar-refractivity contribution in [3.05, 3.63) is 35.4 Å². The van der Waals surface area contributed by atoms with Crippen molar-refractivity contribution in [1.29, 1.82) is 0 Å².